The normalized spacial score (nSPS) is 14.5. The number of hydrogen-bond acceptors (Lipinski definition) is 7. The number of amides is 1. The molecule has 1 N–H and O–H groups in total. The van der Waals surface area contributed by atoms with Gasteiger partial charge in [-0.15, -0.1) is 0 Å². The van der Waals surface area contributed by atoms with Gasteiger partial charge >= 0.3 is 0 Å². The molecule has 0 bridgehead atoms. The van der Waals surface area contributed by atoms with Crippen LogP contribution in [-0.4, -0.2) is 68.1 Å². The van der Waals surface area contributed by atoms with Gasteiger partial charge in [-0.1, -0.05) is 18.2 Å². The molecule has 9 nitrogen and oxygen atoms in total. The van der Waals surface area contributed by atoms with Crippen LogP contribution in [0.4, 0.5) is 0 Å². The lowest BCUT2D eigenvalue weighted by atomic mass is 10.2. The fourth-order valence-electron chi connectivity index (χ4n) is 4.11. The number of morpholine rings is 1. The van der Waals surface area contributed by atoms with Gasteiger partial charge in [0.05, 0.1) is 28.6 Å². The standard InChI is InChI=1S/C27H28N4O5S/c32-27(22-6-9-26-28-10-11-31(26)20-22)29-19-21-4-7-24(8-5-21)37(33,34)25-3-1-2-23(18-25)36-17-14-30-12-15-35-16-13-30/h1-11,18,20H,12-17,19H2,(H,29,32). The van der Waals surface area contributed by atoms with Gasteiger partial charge in [0.1, 0.15) is 18.0 Å². The van der Waals surface area contributed by atoms with Crippen LogP contribution in [0.2, 0.25) is 0 Å². The highest BCUT2D eigenvalue weighted by atomic mass is 32.2. The molecule has 1 aliphatic heterocycles. The number of sulfone groups is 1. The van der Waals surface area contributed by atoms with E-state index in [9.17, 15) is 13.2 Å². The molecule has 0 aliphatic carbocycles. The van der Waals surface area contributed by atoms with E-state index < -0.39 is 9.84 Å². The van der Waals surface area contributed by atoms with Crippen LogP contribution in [0.5, 0.6) is 5.75 Å². The summed E-state index contributed by atoms with van der Waals surface area (Å²) in [7, 11) is -3.72. The Morgan fingerprint density at radius 3 is 2.65 bits per heavy atom. The third-order valence-corrected chi connectivity index (χ3v) is 8.00. The summed E-state index contributed by atoms with van der Waals surface area (Å²) in [5.74, 6) is 0.292. The van der Waals surface area contributed by atoms with Crippen molar-refractivity contribution in [1.82, 2.24) is 19.6 Å². The Labute approximate surface area is 215 Å². The first-order valence-electron chi connectivity index (χ1n) is 12.1. The van der Waals surface area contributed by atoms with Gasteiger partial charge in [0, 0.05) is 44.8 Å². The number of pyridine rings is 1. The summed E-state index contributed by atoms with van der Waals surface area (Å²) in [6.45, 7) is 4.70. The second kappa shape index (κ2) is 11.1. The van der Waals surface area contributed by atoms with E-state index in [0.717, 1.165) is 44.1 Å². The van der Waals surface area contributed by atoms with Gasteiger partial charge in [-0.3, -0.25) is 9.69 Å². The summed E-state index contributed by atoms with van der Waals surface area (Å²) >= 11 is 0. The molecule has 3 heterocycles. The van der Waals surface area contributed by atoms with Crippen molar-refractivity contribution in [2.75, 3.05) is 39.5 Å². The predicted molar refractivity (Wildman–Crippen MR) is 137 cm³/mol. The molecule has 0 radical (unpaired) electrons. The zero-order chi connectivity index (χ0) is 25.7. The number of carbonyl (C=O) groups excluding carboxylic acids is 1. The lowest BCUT2D eigenvalue weighted by molar-refractivity contribution is 0.0322. The molecule has 0 saturated carbocycles. The molecular weight excluding hydrogens is 492 g/mol. The maximum absolute atomic E-state index is 13.2. The highest BCUT2D eigenvalue weighted by Gasteiger charge is 2.19. The first kappa shape index (κ1) is 24.9. The number of nitrogens with one attached hydrogen (secondary N) is 1. The highest BCUT2D eigenvalue weighted by molar-refractivity contribution is 7.91. The lowest BCUT2D eigenvalue weighted by Gasteiger charge is -2.26. The van der Waals surface area contributed by atoms with Crippen molar-refractivity contribution in [2.45, 2.75) is 16.3 Å². The van der Waals surface area contributed by atoms with Crippen molar-refractivity contribution in [2.24, 2.45) is 0 Å². The largest absolute Gasteiger partial charge is 0.492 e. The fraction of sp³-hybridized carbons (Fsp3) is 0.259. The highest BCUT2D eigenvalue weighted by Crippen LogP contribution is 2.25. The minimum absolute atomic E-state index is 0.173. The Morgan fingerprint density at radius 1 is 1.03 bits per heavy atom. The van der Waals surface area contributed by atoms with Crippen LogP contribution in [0.1, 0.15) is 15.9 Å². The Hall–Kier alpha value is -3.73. The smallest absolute Gasteiger partial charge is 0.253 e. The average Bonchev–Trinajstić information content (AvgIpc) is 3.41. The van der Waals surface area contributed by atoms with Crippen LogP contribution >= 0.6 is 0 Å². The van der Waals surface area contributed by atoms with Gasteiger partial charge in [0.2, 0.25) is 9.84 Å². The quantitative estimate of drug-likeness (QED) is 0.362. The number of carbonyl (C=O) groups is 1. The summed E-state index contributed by atoms with van der Waals surface area (Å²) in [6, 6.07) is 16.6. The van der Waals surface area contributed by atoms with Crippen molar-refractivity contribution in [3.63, 3.8) is 0 Å². The molecule has 37 heavy (non-hydrogen) atoms. The summed E-state index contributed by atoms with van der Waals surface area (Å²) in [6.07, 6.45) is 5.16. The van der Waals surface area contributed by atoms with Crippen molar-refractivity contribution < 1.29 is 22.7 Å². The van der Waals surface area contributed by atoms with E-state index in [0.29, 0.717) is 17.9 Å². The van der Waals surface area contributed by atoms with E-state index in [1.165, 1.54) is 0 Å². The molecule has 0 unspecified atom stereocenters. The number of ether oxygens (including phenoxy) is 2. The molecule has 10 heteroatoms. The number of aromatic nitrogens is 2. The molecule has 5 rings (SSSR count). The zero-order valence-electron chi connectivity index (χ0n) is 20.2. The van der Waals surface area contributed by atoms with Crippen LogP contribution in [-0.2, 0) is 21.1 Å². The van der Waals surface area contributed by atoms with Gasteiger partial charge in [-0.2, -0.15) is 0 Å². The molecule has 1 aliphatic rings. The molecular formula is C27H28N4O5S. The minimum Gasteiger partial charge on any atom is -0.492 e. The second-order valence-corrected chi connectivity index (χ2v) is 10.7. The monoisotopic (exact) mass is 520 g/mol. The number of fused-ring (bicyclic) bond motifs is 1. The second-order valence-electron chi connectivity index (χ2n) is 8.72. The molecule has 0 atom stereocenters. The molecule has 0 spiro atoms. The maximum Gasteiger partial charge on any atom is 0.253 e. The van der Waals surface area contributed by atoms with E-state index in [1.54, 1.807) is 83.7 Å². The van der Waals surface area contributed by atoms with Crippen molar-refractivity contribution in [1.29, 1.82) is 0 Å². The van der Waals surface area contributed by atoms with Crippen LogP contribution in [0.15, 0.2) is 89.0 Å². The van der Waals surface area contributed by atoms with E-state index in [-0.39, 0.29) is 22.2 Å². The minimum atomic E-state index is -3.72. The lowest BCUT2D eigenvalue weighted by Crippen LogP contribution is -2.38. The summed E-state index contributed by atoms with van der Waals surface area (Å²) < 4.78 is 39.3. The topological polar surface area (TPSA) is 102 Å². The third kappa shape index (κ3) is 5.99. The van der Waals surface area contributed by atoms with E-state index in [4.69, 9.17) is 9.47 Å². The van der Waals surface area contributed by atoms with Crippen LogP contribution in [0.25, 0.3) is 5.65 Å². The van der Waals surface area contributed by atoms with E-state index in [1.807, 2.05) is 0 Å². The van der Waals surface area contributed by atoms with Crippen molar-refractivity contribution in [3.05, 3.63) is 90.4 Å². The van der Waals surface area contributed by atoms with Gasteiger partial charge < -0.3 is 19.2 Å². The Kier molecular flexibility index (Phi) is 7.50. The van der Waals surface area contributed by atoms with Gasteiger partial charge in [0.25, 0.3) is 5.91 Å². The van der Waals surface area contributed by atoms with Gasteiger partial charge in [-0.25, -0.2) is 13.4 Å². The van der Waals surface area contributed by atoms with E-state index >= 15 is 0 Å². The summed E-state index contributed by atoms with van der Waals surface area (Å²) in [5, 5.41) is 2.86. The zero-order valence-corrected chi connectivity index (χ0v) is 21.1. The first-order chi connectivity index (χ1) is 18.0. The third-order valence-electron chi connectivity index (χ3n) is 6.23. The van der Waals surface area contributed by atoms with Crippen molar-refractivity contribution >= 4 is 21.4 Å². The Balaban J connectivity index is 1.19. The van der Waals surface area contributed by atoms with E-state index in [2.05, 4.69) is 15.2 Å². The summed E-state index contributed by atoms with van der Waals surface area (Å²) in [5.41, 5.74) is 2.06. The summed E-state index contributed by atoms with van der Waals surface area (Å²) in [4.78, 5) is 19.3. The number of rotatable bonds is 9. The SMILES string of the molecule is O=C(NCc1ccc(S(=O)(=O)c2cccc(OCCN3CCOCC3)c2)cc1)c1ccc2nccn2c1. The molecule has 192 valence electrons. The fourth-order valence-corrected chi connectivity index (χ4v) is 5.41. The van der Waals surface area contributed by atoms with Crippen molar-refractivity contribution in [3.8, 4) is 5.75 Å². The molecule has 2 aromatic heterocycles. The number of benzene rings is 2. The molecule has 1 fully saturated rings. The molecule has 2 aromatic carbocycles. The number of imidazole rings is 1. The van der Waals surface area contributed by atoms with Gasteiger partial charge in [-0.05, 0) is 48.0 Å². The van der Waals surface area contributed by atoms with Gasteiger partial charge in [0.15, 0.2) is 0 Å². The molecule has 1 amide bonds. The Bertz CT molecular complexity index is 1480. The predicted octanol–water partition coefficient (Wildman–Crippen LogP) is 2.81. The number of nitrogens with zero attached hydrogens (tertiary/aromatic N) is 3. The molecule has 4 aromatic rings. The number of hydrogen-bond donors (Lipinski definition) is 1. The van der Waals surface area contributed by atoms with Crippen LogP contribution in [0, 0.1) is 0 Å². The van der Waals surface area contributed by atoms with Crippen LogP contribution < -0.4 is 10.1 Å². The Morgan fingerprint density at radius 2 is 1.84 bits per heavy atom. The van der Waals surface area contributed by atoms with Crippen LogP contribution in [0.3, 0.4) is 0 Å². The maximum atomic E-state index is 13.2. The first-order valence-corrected chi connectivity index (χ1v) is 13.6. The average molecular weight is 521 g/mol. The molecule has 1 saturated heterocycles.